The van der Waals surface area contributed by atoms with E-state index in [4.69, 9.17) is 5.73 Å². The van der Waals surface area contributed by atoms with Gasteiger partial charge in [-0.25, -0.2) is 18.7 Å². The first kappa shape index (κ1) is 13.5. The second-order valence-electron chi connectivity index (χ2n) is 4.39. The van der Waals surface area contributed by atoms with E-state index in [1.54, 1.807) is 0 Å². The molecule has 3 nitrogen and oxygen atoms in total. The van der Waals surface area contributed by atoms with Gasteiger partial charge in [0.2, 0.25) is 0 Å². The molecule has 1 aromatic carbocycles. The largest absolute Gasteiger partial charge is 0.330 e. The molecule has 19 heavy (non-hydrogen) atoms. The third kappa shape index (κ3) is 2.93. The zero-order valence-corrected chi connectivity index (χ0v) is 10.9. The number of halogens is 2. The maximum absolute atomic E-state index is 13.2. The van der Waals surface area contributed by atoms with Gasteiger partial charge in [0.15, 0.2) is 5.82 Å². The molecule has 5 heteroatoms. The molecule has 0 amide bonds. The standard InChI is InChI=1S/C14H15F2N3/c1-8-13(3-4-17)9(2)19-14(18-8)10-5-11(15)7-12(16)6-10/h5-7H,3-4,17H2,1-2H3. The van der Waals surface area contributed by atoms with E-state index in [0.717, 1.165) is 23.0 Å². The molecule has 0 aliphatic rings. The Morgan fingerprint density at radius 2 is 1.53 bits per heavy atom. The van der Waals surface area contributed by atoms with Gasteiger partial charge in [-0.05, 0) is 44.5 Å². The van der Waals surface area contributed by atoms with Crippen LogP contribution >= 0.6 is 0 Å². The minimum Gasteiger partial charge on any atom is -0.330 e. The summed E-state index contributed by atoms with van der Waals surface area (Å²) in [7, 11) is 0. The molecule has 2 rings (SSSR count). The molecule has 0 saturated carbocycles. The summed E-state index contributed by atoms with van der Waals surface area (Å²) >= 11 is 0. The van der Waals surface area contributed by atoms with Gasteiger partial charge < -0.3 is 5.73 Å². The number of nitrogens with two attached hydrogens (primary N) is 1. The number of rotatable bonds is 3. The van der Waals surface area contributed by atoms with Crippen LogP contribution in [0.4, 0.5) is 8.78 Å². The van der Waals surface area contributed by atoms with Gasteiger partial charge in [0.25, 0.3) is 0 Å². The maximum atomic E-state index is 13.2. The molecule has 1 heterocycles. The molecular formula is C14H15F2N3. The molecule has 0 unspecified atom stereocenters. The number of hydrogen-bond acceptors (Lipinski definition) is 3. The molecule has 0 saturated heterocycles. The van der Waals surface area contributed by atoms with Gasteiger partial charge in [0.1, 0.15) is 11.6 Å². The summed E-state index contributed by atoms with van der Waals surface area (Å²) in [4.78, 5) is 8.61. The van der Waals surface area contributed by atoms with Gasteiger partial charge in [-0.1, -0.05) is 0 Å². The van der Waals surface area contributed by atoms with Crippen molar-refractivity contribution in [1.29, 1.82) is 0 Å². The van der Waals surface area contributed by atoms with E-state index >= 15 is 0 Å². The van der Waals surface area contributed by atoms with Crippen molar-refractivity contribution in [1.82, 2.24) is 9.97 Å². The minimum absolute atomic E-state index is 0.328. The highest BCUT2D eigenvalue weighted by Gasteiger charge is 2.11. The number of aryl methyl sites for hydroxylation is 2. The SMILES string of the molecule is Cc1nc(-c2cc(F)cc(F)c2)nc(C)c1CCN. The summed E-state index contributed by atoms with van der Waals surface area (Å²) in [5.74, 6) is -0.950. The fourth-order valence-corrected chi connectivity index (χ4v) is 2.06. The lowest BCUT2D eigenvalue weighted by Gasteiger charge is -2.10. The van der Waals surface area contributed by atoms with Crippen LogP contribution in [-0.2, 0) is 6.42 Å². The van der Waals surface area contributed by atoms with Crippen molar-refractivity contribution in [2.45, 2.75) is 20.3 Å². The van der Waals surface area contributed by atoms with Crippen molar-refractivity contribution in [3.63, 3.8) is 0 Å². The molecular weight excluding hydrogens is 248 g/mol. The molecule has 0 spiro atoms. The van der Waals surface area contributed by atoms with Gasteiger partial charge in [-0.3, -0.25) is 0 Å². The molecule has 2 N–H and O–H groups in total. The highest BCUT2D eigenvalue weighted by molar-refractivity contribution is 5.56. The molecule has 0 atom stereocenters. The third-order valence-corrected chi connectivity index (χ3v) is 2.94. The van der Waals surface area contributed by atoms with Gasteiger partial charge in [0.05, 0.1) is 0 Å². The van der Waals surface area contributed by atoms with E-state index in [9.17, 15) is 8.78 Å². The average molecular weight is 263 g/mol. The number of aromatic nitrogens is 2. The van der Waals surface area contributed by atoms with Crippen LogP contribution in [0.2, 0.25) is 0 Å². The van der Waals surface area contributed by atoms with Crippen molar-refractivity contribution in [2.75, 3.05) is 6.54 Å². The summed E-state index contributed by atoms with van der Waals surface area (Å²) in [5.41, 5.74) is 8.44. The second kappa shape index (κ2) is 5.40. The molecule has 1 aromatic heterocycles. The van der Waals surface area contributed by atoms with Gasteiger partial charge in [-0.15, -0.1) is 0 Å². The third-order valence-electron chi connectivity index (χ3n) is 2.94. The predicted octanol–water partition coefficient (Wildman–Crippen LogP) is 2.54. The molecule has 2 aromatic rings. The van der Waals surface area contributed by atoms with Crippen LogP contribution in [0.1, 0.15) is 17.0 Å². The molecule has 0 bridgehead atoms. The predicted molar refractivity (Wildman–Crippen MR) is 69.6 cm³/mol. The van der Waals surface area contributed by atoms with E-state index in [0.29, 0.717) is 24.4 Å². The monoisotopic (exact) mass is 263 g/mol. The van der Waals surface area contributed by atoms with Crippen molar-refractivity contribution in [2.24, 2.45) is 5.73 Å². The molecule has 0 fully saturated rings. The van der Waals surface area contributed by atoms with Crippen molar-refractivity contribution in [3.8, 4) is 11.4 Å². The van der Waals surface area contributed by atoms with Crippen LogP contribution in [0.15, 0.2) is 18.2 Å². The van der Waals surface area contributed by atoms with Crippen LogP contribution < -0.4 is 5.73 Å². The number of hydrogen-bond donors (Lipinski definition) is 1. The molecule has 0 aliphatic heterocycles. The smallest absolute Gasteiger partial charge is 0.159 e. The van der Waals surface area contributed by atoms with E-state index in [1.165, 1.54) is 12.1 Å². The van der Waals surface area contributed by atoms with Crippen LogP contribution in [0.25, 0.3) is 11.4 Å². The van der Waals surface area contributed by atoms with Crippen LogP contribution in [0, 0.1) is 25.5 Å². The first-order valence-corrected chi connectivity index (χ1v) is 6.02. The van der Waals surface area contributed by atoms with Gasteiger partial charge >= 0.3 is 0 Å². The molecule has 100 valence electrons. The fraction of sp³-hybridized carbons (Fsp3) is 0.286. The summed E-state index contributed by atoms with van der Waals surface area (Å²) in [5, 5.41) is 0. The molecule has 0 aliphatic carbocycles. The van der Waals surface area contributed by atoms with Crippen LogP contribution in [0.5, 0.6) is 0 Å². The van der Waals surface area contributed by atoms with Gasteiger partial charge in [0, 0.05) is 23.0 Å². The van der Waals surface area contributed by atoms with Crippen molar-refractivity contribution >= 4 is 0 Å². The Hall–Kier alpha value is -1.88. The second-order valence-corrected chi connectivity index (χ2v) is 4.39. The Labute approximate surface area is 110 Å². The Bertz CT molecular complexity index is 568. The van der Waals surface area contributed by atoms with Gasteiger partial charge in [-0.2, -0.15) is 0 Å². The minimum atomic E-state index is -0.639. The fourth-order valence-electron chi connectivity index (χ4n) is 2.06. The van der Waals surface area contributed by atoms with Crippen LogP contribution in [0.3, 0.4) is 0 Å². The highest BCUT2D eigenvalue weighted by atomic mass is 19.1. The van der Waals surface area contributed by atoms with E-state index in [-0.39, 0.29) is 0 Å². The summed E-state index contributed by atoms with van der Waals surface area (Å²) < 4.78 is 26.4. The molecule has 0 radical (unpaired) electrons. The average Bonchev–Trinajstić information content (AvgIpc) is 2.32. The summed E-state index contributed by atoms with van der Waals surface area (Å²) in [6.45, 7) is 4.20. The topological polar surface area (TPSA) is 51.8 Å². The Morgan fingerprint density at radius 1 is 1.00 bits per heavy atom. The van der Waals surface area contributed by atoms with E-state index in [1.807, 2.05) is 13.8 Å². The van der Waals surface area contributed by atoms with E-state index in [2.05, 4.69) is 9.97 Å². The number of nitrogens with zero attached hydrogens (tertiary/aromatic N) is 2. The normalized spacial score (nSPS) is 10.8. The first-order valence-electron chi connectivity index (χ1n) is 6.02. The lowest BCUT2D eigenvalue weighted by Crippen LogP contribution is -2.09. The Morgan fingerprint density at radius 3 is 2.00 bits per heavy atom. The zero-order valence-electron chi connectivity index (χ0n) is 10.9. The van der Waals surface area contributed by atoms with Crippen molar-refractivity contribution in [3.05, 3.63) is 46.8 Å². The number of benzene rings is 1. The Kier molecular flexibility index (Phi) is 3.85. The lowest BCUT2D eigenvalue weighted by atomic mass is 10.1. The summed E-state index contributed by atoms with van der Waals surface area (Å²) in [6.07, 6.45) is 0.690. The lowest BCUT2D eigenvalue weighted by molar-refractivity contribution is 0.584. The zero-order chi connectivity index (χ0) is 14.0. The van der Waals surface area contributed by atoms with Crippen LogP contribution in [-0.4, -0.2) is 16.5 Å². The summed E-state index contributed by atoms with van der Waals surface area (Å²) in [6, 6.07) is 3.27. The quantitative estimate of drug-likeness (QED) is 0.925. The maximum Gasteiger partial charge on any atom is 0.159 e. The first-order chi connectivity index (χ1) is 9.01. The van der Waals surface area contributed by atoms with E-state index < -0.39 is 11.6 Å². The Balaban J connectivity index is 2.51. The van der Waals surface area contributed by atoms with Crippen molar-refractivity contribution < 1.29 is 8.78 Å². The highest BCUT2D eigenvalue weighted by Crippen LogP contribution is 2.21.